The van der Waals surface area contributed by atoms with Crippen molar-refractivity contribution in [2.45, 2.75) is 88.9 Å². The molecule has 4 bridgehead atoms. The maximum atomic E-state index is 11.5. The van der Waals surface area contributed by atoms with E-state index in [1.807, 2.05) is 12.1 Å². The van der Waals surface area contributed by atoms with Crippen LogP contribution in [0, 0.1) is 21.7 Å². The standard InChI is InChI=1S/C23H32O3S/c1-20-7-11-22(15-20,12-8-20)19(23-13-9-21(2,16-23)10-14-23)17-3-5-18(6-4-17)27(24,25)26/h3-6,19H,7-16H2,1-2H3,(H,24,25,26). The Bertz CT molecular complexity index is 815. The average Bonchev–Trinajstić information content (AvgIpc) is 3.31. The molecule has 27 heavy (non-hydrogen) atoms. The third-order valence-electron chi connectivity index (χ3n) is 9.20. The van der Waals surface area contributed by atoms with E-state index in [4.69, 9.17) is 0 Å². The Balaban J connectivity index is 1.60. The highest BCUT2D eigenvalue weighted by atomic mass is 32.2. The van der Waals surface area contributed by atoms with Gasteiger partial charge in [-0.3, -0.25) is 4.55 Å². The molecule has 0 atom stereocenters. The van der Waals surface area contributed by atoms with Crippen molar-refractivity contribution in [3.63, 3.8) is 0 Å². The molecular formula is C23H32O3S. The summed E-state index contributed by atoms with van der Waals surface area (Å²) in [5, 5.41) is 0. The molecular weight excluding hydrogens is 356 g/mol. The quantitative estimate of drug-likeness (QED) is 0.648. The number of hydrogen-bond acceptors (Lipinski definition) is 2. The predicted octanol–water partition coefficient (Wildman–Crippen LogP) is 5.96. The lowest BCUT2D eigenvalue weighted by Crippen LogP contribution is -2.37. The molecule has 4 heteroatoms. The lowest BCUT2D eigenvalue weighted by molar-refractivity contribution is 0.0917. The second-order valence-electron chi connectivity index (χ2n) is 11.2. The van der Waals surface area contributed by atoms with Gasteiger partial charge in [-0.2, -0.15) is 8.42 Å². The van der Waals surface area contributed by atoms with Crippen molar-refractivity contribution < 1.29 is 13.0 Å². The topological polar surface area (TPSA) is 54.4 Å². The van der Waals surface area contributed by atoms with E-state index in [-0.39, 0.29) is 4.90 Å². The summed E-state index contributed by atoms with van der Waals surface area (Å²) in [6, 6.07) is 7.27. The van der Waals surface area contributed by atoms with Crippen LogP contribution in [0.4, 0.5) is 0 Å². The molecule has 148 valence electrons. The largest absolute Gasteiger partial charge is 0.294 e. The van der Waals surface area contributed by atoms with E-state index in [0.717, 1.165) is 0 Å². The molecule has 1 aromatic rings. The van der Waals surface area contributed by atoms with E-state index in [0.29, 0.717) is 27.6 Å². The highest BCUT2D eigenvalue weighted by Gasteiger charge is 2.64. The Kier molecular flexibility index (Phi) is 3.62. The predicted molar refractivity (Wildman–Crippen MR) is 106 cm³/mol. The van der Waals surface area contributed by atoms with Gasteiger partial charge in [-0.15, -0.1) is 0 Å². The van der Waals surface area contributed by atoms with E-state index >= 15 is 0 Å². The molecule has 0 aromatic heterocycles. The van der Waals surface area contributed by atoms with Crippen LogP contribution >= 0.6 is 0 Å². The zero-order chi connectivity index (χ0) is 19.1. The molecule has 4 aliphatic carbocycles. The van der Waals surface area contributed by atoms with Gasteiger partial charge < -0.3 is 0 Å². The Morgan fingerprint density at radius 3 is 1.48 bits per heavy atom. The SMILES string of the molecule is CC12CCC(C(c3ccc(S(=O)(=O)O)cc3)C34CCC(C)(CC3)C4)(CC1)C2. The molecule has 0 aliphatic heterocycles. The van der Waals surface area contributed by atoms with Gasteiger partial charge in [0.05, 0.1) is 4.90 Å². The van der Waals surface area contributed by atoms with Gasteiger partial charge in [-0.1, -0.05) is 26.0 Å². The molecule has 1 N–H and O–H groups in total. The minimum absolute atomic E-state index is 0.0189. The minimum Gasteiger partial charge on any atom is -0.282 e. The second kappa shape index (κ2) is 5.38. The van der Waals surface area contributed by atoms with Gasteiger partial charge >= 0.3 is 0 Å². The third-order valence-corrected chi connectivity index (χ3v) is 10.1. The molecule has 0 amide bonds. The van der Waals surface area contributed by atoms with Crippen molar-refractivity contribution in [2.24, 2.45) is 21.7 Å². The monoisotopic (exact) mass is 388 g/mol. The minimum atomic E-state index is -4.13. The van der Waals surface area contributed by atoms with Gasteiger partial charge in [0, 0.05) is 0 Å². The van der Waals surface area contributed by atoms with Crippen LogP contribution < -0.4 is 0 Å². The normalized spacial score (nSPS) is 44.1. The van der Waals surface area contributed by atoms with E-state index in [1.54, 1.807) is 12.1 Å². The van der Waals surface area contributed by atoms with E-state index in [9.17, 15) is 13.0 Å². The zero-order valence-corrected chi connectivity index (χ0v) is 17.4. The van der Waals surface area contributed by atoms with Gasteiger partial charge in [-0.25, -0.2) is 0 Å². The second-order valence-corrected chi connectivity index (χ2v) is 12.6. The number of benzene rings is 1. The summed E-state index contributed by atoms with van der Waals surface area (Å²) in [6.45, 7) is 4.96. The van der Waals surface area contributed by atoms with E-state index in [2.05, 4.69) is 13.8 Å². The Morgan fingerprint density at radius 2 is 1.19 bits per heavy atom. The summed E-state index contributed by atoms with van der Waals surface area (Å²) in [4.78, 5) is 0.0189. The zero-order valence-electron chi connectivity index (χ0n) is 16.6. The van der Waals surface area contributed by atoms with Gasteiger partial charge in [0.25, 0.3) is 10.1 Å². The summed E-state index contributed by atoms with van der Waals surface area (Å²) < 4.78 is 32.4. The molecule has 0 saturated heterocycles. The Hall–Kier alpha value is -0.870. The number of fused-ring (bicyclic) bond motifs is 4. The molecule has 0 radical (unpaired) electrons. The van der Waals surface area contributed by atoms with E-state index < -0.39 is 10.1 Å². The highest BCUT2D eigenvalue weighted by Crippen LogP contribution is 2.75. The van der Waals surface area contributed by atoms with Crippen LogP contribution in [0.15, 0.2) is 29.2 Å². The van der Waals surface area contributed by atoms with Crippen LogP contribution in [0.2, 0.25) is 0 Å². The number of hydrogen-bond donors (Lipinski definition) is 1. The first kappa shape index (κ1) is 18.2. The smallest absolute Gasteiger partial charge is 0.282 e. The molecule has 1 aromatic carbocycles. The van der Waals surface area contributed by atoms with Crippen molar-refractivity contribution in [3.8, 4) is 0 Å². The molecule has 4 aliphatic rings. The molecule has 0 spiro atoms. The fraction of sp³-hybridized carbons (Fsp3) is 0.739. The van der Waals surface area contributed by atoms with Gasteiger partial charge in [0.1, 0.15) is 0 Å². The molecule has 4 fully saturated rings. The van der Waals surface area contributed by atoms with Crippen molar-refractivity contribution >= 4 is 10.1 Å². The molecule has 5 rings (SSSR count). The fourth-order valence-corrected chi connectivity index (χ4v) is 8.56. The molecule has 4 saturated carbocycles. The first-order valence-electron chi connectivity index (χ1n) is 10.7. The lowest BCUT2D eigenvalue weighted by Gasteiger charge is -2.47. The van der Waals surface area contributed by atoms with Crippen molar-refractivity contribution in [1.29, 1.82) is 0 Å². The van der Waals surface area contributed by atoms with Gasteiger partial charge in [0.2, 0.25) is 0 Å². The summed E-state index contributed by atoms with van der Waals surface area (Å²) in [7, 11) is -4.13. The van der Waals surface area contributed by atoms with Crippen molar-refractivity contribution in [2.75, 3.05) is 0 Å². The van der Waals surface area contributed by atoms with Crippen LogP contribution in [0.3, 0.4) is 0 Å². The van der Waals surface area contributed by atoms with E-state index in [1.165, 1.54) is 69.8 Å². The average molecular weight is 389 g/mol. The lowest BCUT2D eigenvalue weighted by atomic mass is 9.57. The summed E-state index contributed by atoms with van der Waals surface area (Å²) in [6.07, 6.45) is 13.4. The maximum Gasteiger partial charge on any atom is 0.294 e. The Morgan fingerprint density at radius 1 is 0.778 bits per heavy atom. The van der Waals surface area contributed by atoms with Gasteiger partial charge in [-0.05, 0) is 109 Å². The molecule has 3 nitrogen and oxygen atoms in total. The van der Waals surface area contributed by atoms with Crippen LogP contribution in [-0.4, -0.2) is 13.0 Å². The molecule has 0 heterocycles. The van der Waals surface area contributed by atoms with Crippen LogP contribution in [0.5, 0.6) is 0 Å². The first-order chi connectivity index (χ1) is 12.6. The maximum absolute atomic E-state index is 11.5. The van der Waals surface area contributed by atoms with Crippen molar-refractivity contribution in [3.05, 3.63) is 29.8 Å². The van der Waals surface area contributed by atoms with Gasteiger partial charge in [0.15, 0.2) is 0 Å². The van der Waals surface area contributed by atoms with Crippen LogP contribution in [0.25, 0.3) is 0 Å². The number of rotatable bonds is 4. The summed E-state index contributed by atoms with van der Waals surface area (Å²) in [5.74, 6) is 0.536. The fourth-order valence-electron chi connectivity index (χ4n) is 8.08. The summed E-state index contributed by atoms with van der Waals surface area (Å²) >= 11 is 0. The van der Waals surface area contributed by atoms with Crippen molar-refractivity contribution in [1.82, 2.24) is 0 Å². The highest BCUT2D eigenvalue weighted by molar-refractivity contribution is 7.85. The first-order valence-corrected chi connectivity index (χ1v) is 12.1. The summed E-state index contributed by atoms with van der Waals surface area (Å²) in [5.41, 5.74) is 3.14. The third kappa shape index (κ3) is 2.66. The Labute approximate surface area is 163 Å². The van der Waals surface area contributed by atoms with Crippen LogP contribution in [0.1, 0.15) is 89.5 Å². The molecule has 0 unspecified atom stereocenters. The van der Waals surface area contributed by atoms with Crippen LogP contribution in [-0.2, 0) is 10.1 Å².